The Morgan fingerprint density at radius 1 is 1.12 bits per heavy atom. The molecule has 5 nitrogen and oxygen atoms in total. The van der Waals surface area contributed by atoms with Crippen molar-refractivity contribution >= 4 is 10.0 Å². The molecule has 1 fully saturated rings. The number of morpholine rings is 1. The average molecular weight is 375 g/mol. The maximum Gasteiger partial charge on any atom is 0.214 e. The van der Waals surface area contributed by atoms with Crippen molar-refractivity contribution in [3.8, 4) is 5.75 Å². The van der Waals surface area contributed by atoms with Crippen molar-refractivity contribution < 1.29 is 17.9 Å². The molecule has 2 aromatic rings. The predicted octanol–water partition coefficient (Wildman–Crippen LogP) is 2.95. The number of ether oxygens (including phenoxy) is 2. The van der Waals surface area contributed by atoms with E-state index in [1.807, 2.05) is 55.5 Å². The van der Waals surface area contributed by atoms with E-state index in [1.54, 1.807) is 11.4 Å². The maximum absolute atomic E-state index is 12.8. The summed E-state index contributed by atoms with van der Waals surface area (Å²) in [5, 5.41) is 0. The van der Waals surface area contributed by atoms with Gasteiger partial charge in [-0.2, -0.15) is 4.31 Å². The smallest absolute Gasteiger partial charge is 0.214 e. The van der Waals surface area contributed by atoms with Crippen LogP contribution in [0.5, 0.6) is 5.75 Å². The topological polar surface area (TPSA) is 55.8 Å². The fourth-order valence-electron chi connectivity index (χ4n) is 3.03. The summed E-state index contributed by atoms with van der Waals surface area (Å²) < 4.78 is 38.0. The van der Waals surface area contributed by atoms with Gasteiger partial charge in [-0.3, -0.25) is 0 Å². The van der Waals surface area contributed by atoms with E-state index in [4.69, 9.17) is 9.47 Å². The van der Waals surface area contributed by atoms with E-state index in [-0.39, 0.29) is 11.9 Å². The number of aryl methyl sites for hydroxylation is 2. The Kier molecular flexibility index (Phi) is 5.96. The van der Waals surface area contributed by atoms with Crippen molar-refractivity contribution in [2.45, 2.75) is 19.4 Å². The summed E-state index contributed by atoms with van der Waals surface area (Å²) in [6.45, 7) is 3.23. The van der Waals surface area contributed by atoms with Crippen LogP contribution >= 0.6 is 0 Å². The molecule has 6 heteroatoms. The highest BCUT2D eigenvalue weighted by molar-refractivity contribution is 7.89. The molecule has 0 radical (unpaired) electrons. The van der Waals surface area contributed by atoms with Gasteiger partial charge in [0.15, 0.2) is 0 Å². The van der Waals surface area contributed by atoms with E-state index in [1.165, 1.54) is 5.56 Å². The van der Waals surface area contributed by atoms with Gasteiger partial charge in [-0.1, -0.05) is 42.0 Å². The van der Waals surface area contributed by atoms with Crippen molar-refractivity contribution in [2.24, 2.45) is 0 Å². The van der Waals surface area contributed by atoms with Gasteiger partial charge in [0.25, 0.3) is 0 Å². The molecule has 0 aliphatic carbocycles. The number of sulfonamides is 1. The Morgan fingerprint density at radius 3 is 2.46 bits per heavy atom. The Morgan fingerprint density at radius 2 is 1.81 bits per heavy atom. The quantitative estimate of drug-likeness (QED) is 0.779. The molecule has 1 aliphatic rings. The van der Waals surface area contributed by atoms with Crippen molar-refractivity contribution in [2.75, 3.05) is 32.6 Å². The van der Waals surface area contributed by atoms with Gasteiger partial charge in [-0.15, -0.1) is 0 Å². The molecule has 0 N–H and O–H groups in total. The SMILES string of the molecule is COc1ccc(CCS(=O)(=O)N2CCOC(c3ccc(C)cc3)C2)cc1. The lowest BCUT2D eigenvalue weighted by molar-refractivity contribution is -0.00253. The first-order chi connectivity index (χ1) is 12.5. The molecule has 0 spiro atoms. The summed E-state index contributed by atoms with van der Waals surface area (Å²) in [7, 11) is -1.71. The van der Waals surface area contributed by atoms with Gasteiger partial charge >= 0.3 is 0 Å². The minimum absolute atomic E-state index is 0.0972. The lowest BCUT2D eigenvalue weighted by Gasteiger charge is -2.32. The summed E-state index contributed by atoms with van der Waals surface area (Å²) >= 11 is 0. The first kappa shape index (κ1) is 18.9. The minimum atomic E-state index is -3.32. The Labute approximate surface area is 155 Å². The first-order valence-corrected chi connectivity index (χ1v) is 10.4. The normalized spacial score (nSPS) is 18.6. The second-order valence-electron chi connectivity index (χ2n) is 6.54. The van der Waals surface area contributed by atoms with E-state index in [0.29, 0.717) is 26.1 Å². The van der Waals surface area contributed by atoms with Crippen molar-refractivity contribution in [1.82, 2.24) is 4.31 Å². The van der Waals surface area contributed by atoms with Crippen LogP contribution in [0.15, 0.2) is 48.5 Å². The van der Waals surface area contributed by atoms with Gasteiger partial charge in [-0.05, 0) is 36.6 Å². The number of methoxy groups -OCH3 is 1. The fourth-order valence-corrected chi connectivity index (χ4v) is 4.50. The average Bonchev–Trinajstić information content (AvgIpc) is 2.67. The van der Waals surface area contributed by atoms with Crippen molar-refractivity contribution in [3.63, 3.8) is 0 Å². The number of hydrogen-bond acceptors (Lipinski definition) is 4. The minimum Gasteiger partial charge on any atom is -0.497 e. The molecule has 26 heavy (non-hydrogen) atoms. The van der Waals surface area contributed by atoms with Crippen LogP contribution in [0.25, 0.3) is 0 Å². The predicted molar refractivity (Wildman–Crippen MR) is 102 cm³/mol. The molecular formula is C20H25NO4S. The molecule has 2 aromatic carbocycles. The zero-order valence-corrected chi connectivity index (χ0v) is 16.0. The summed E-state index contributed by atoms with van der Waals surface area (Å²) in [5.74, 6) is 0.866. The van der Waals surface area contributed by atoms with Crippen LogP contribution in [0.2, 0.25) is 0 Å². The lowest BCUT2D eigenvalue weighted by atomic mass is 10.1. The number of rotatable bonds is 6. The second kappa shape index (κ2) is 8.20. The molecule has 0 saturated carbocycles. The van der Waals surface area contributed by atoms with E-state index >= 15 is 0 Å². The molecule has 3 rings (SSSR count). The maximum atomic E-state index is 12.8. The van der Waals surface area contributed by atoms with Gasteiger partial charge in [0.2, 0.25) is 10.0 Å². The van der Waals surface area contributed by atoms with Crippen LogP contribution in [0.4, 0.5) is 0 Å². The van der Waals surface area contributed by atoms with Gasteiger partial charge < -0.3 is 9.47 Å². The highest BCUT2D eigenvalue weighted by atomic mass is 32.2. The van der Waals surface area contributed by atoms with Crippen LogP contribution in [0, 0.1) is 6.92 Å². The molecular weight excluding hydrogens is 350 g/mol. The summed E-state index contributed by atoms with van der Waals surface area (Å²) in [6, 6.07) is 15.6. The third-order valence-corrected chi connectivity index (χ3v) is 6.52. The van der Waals surface area contributed by atoms with Crippen molar-refractivity contribution in [1.29, 1.82) is 0 Å². The Hall–Kier alpha value is -1.89. The molecule has 1 aliphatic heterocycles. The molecule has 140 valence electrons. The molecule has 1 unspecified atom stereocenters. The standard InChI is InChI=1S/C20H25NO4S/c1-16-3-7-18(8-4-16)20-15-21(12-13-25-20)26(22,23)14-11-17-5-9-19(24-2)10-6-17/h3-10,20H,11-15H2,1-2H3. The molecule has 0 amide bonds. The first-order valence-electron chi connectivity index (χ1n) is 8.77. The van der Waals surface area contributed by atoms with Crippen LogP contribution in [-0.4, -0.2) is 45.3 Å². The molecule has 1 heterocycles. The zero-order chi connectivity index (χ0) is 18.6. The van der Waals surface area contributed by atoms with E-state index in [9.17, 15) is 8.42 Å². The van der Waals surface area contributed by atoms with Crippen LogP contribution in [-0.2, 0) is 21.2 Å². The largest absolute Gasteiger partial charge is 0.497 e. The number of benzene rings is 2. The van der Waals surface area contributed by atoms with E-state index in [0.717, 1.165) is 16.9 Å². The van der Waals surface area contributed by atoms with Crippen LogP contribution in [0.3, 0.4) is 0 Å². The Balaban J connectivity index is 1.63. The summed E-state index contributed by atoms with van der Waals surface area (Å²) in [6.07, 6.45) is 0.277. The van der Waals surface area contributed by atoms with Crippen LogP contribution in [0.1, 0.15) is 22.8 Å². The molecule has 0 aromatic heterocycles. The molecule has 1 saturated heterocycles. The van der Waals surface area contributed by atoms with Crippen LogP contribution < -0.4 is 4.74 Å². The monoisotopic (exact) mass is 375 g/mol. The third kappa shape index (κ3) is 4.63. The lowest BCUT2D eigenvalue weighted by Crippen LogP contribution is -2.43. The summed E-state index contributed by atoms with van der Waals surface area (Å²) in [5.41, 5.74) is 3.18. The molecule has 0 bridgehead atoms. The third-order valence-electron chi connectivity index (χ3n) is 4.68. The van der Waals surface area contributed by atoms with Gasteiger partial charge in [0.05, 0.1) is 25.6 Å². The summed E-state index contributed by atoms with van der Waals surface area (Å²) in [4.78, 5) is 0. The van der Waals surface area contributed by atoms with E-state index < -0.39 is 10.0 Å². The highest BCUT2D eigenvalue weighted by Gasteiger charge is 2.30. The number of hydrogen-bond donors (Lipinski definition) is 0. The highest BCUT2D eigenvalue weighted by Crippen LogP contribution is 2.24. The van der Waals surface area contributed by atoms with Crippen molar-refractivity contribution in [3.05, 3.63) is 65.2 Å². The zero-order valence-electron chi connectivity index (χ0n) is 15.2. The van der Waals surface area contributed by atoms with Gasteiger partial charge in [-0.25, -0.2) is 8.42 Å². The van der Waals surface area contributed by atoms with E-state index in [2.05, 4.69) is 0 Å². The second-order valence-corrected chi connectivity index (χ2v) is 8.63. The number of nitrogens with zero attached hydrogens (tertiary/aromatic N) is 1. The molecule has 1 atom stereocenters. The fraction of sp³-hybridized carbons (Fsp3) is 0.400. The Bertz CT molecular complexity index is 816. The van der Waals surface area contributed by atoms with Gasteiger partial charge in [0.1, 0.15) is 5.75 Å². The van der Waals surface area contributed by atoms with Gasteiger partial charge in [0, 0.05) is 13.1 Å².